The highest BCUT2D eigenvalue weighted by Crippen LogP contribution is 2.21. The van der Waals surface area contributed by atoms with Crippen LogP contribution < -0.4 is 10.0 Å². The lowest BCUT2D eigenvalue weighted by Crippen LogP contribution is -2.44. The van der Waals surface area contributed by atoms with Crippen LogP contribution in [0.1, 0.15) is 31.2 Å². The fraction of sp³-hybridized carbons (Fsp3) is 0.435. The Labute approximate surface area is 198 Å². The number of non-ortho nitro benzene ring substituents is 1. The SMILES string of the molecule is O=C(N[C@H]1CCC[C@H]1O)C(Cc1ccccc1)C[C@H](O)CNS(=O)(=O)c1ccc([N+](=O)[O-])cc1. The molecule has 2 aromatic rings. The smallest absolute Gasteiger partial charge is 0.269 e. The Morgan fingerprint density at radius 1 is 1.12 bits per heavy atom. The van der Waals surface area contributed by atoms with Crippen LogP contribution >= 0.6 is 0 Å². The molecule has 2 aromatic carbocycles. The quantitative estimate of drug-likeness (QED) is 0.274. The van der Waals surface area contributed by atoms with Crippen LogP contribution in [0.3, 0.4) is 0 Å². The maximum absolute atomic E-state index is 13.0. The first-order valence-electron chi connectivity index (χ1n) is 11.1. The monoisotopic (exact) mass is 491 g/mol. The van der Waals surface area contributed by atoms with E-state index in [0.717, 1.165) is 36.2 Å². The molecule has 1 fully saturated rings. The largest absolute Gasteiger partial charge is 0.392 e. The molecular formula is C23H29N3O7S. The minimum atomic E-state index is -4.00. The number of sulfonamides is 1. The molecule has 4 N–H and O–H groups in total. The van der Waals surface area contributed by atoms with Gasteiger partial charge >= 0.3 is 0 Å². The molecule has 11 heteroatoms. The lowest BCUT2D eigenvalue weighted by atomic mass is 9.92. The topological polar surface area (TPSA) is 159 Å². The van der Waals surface area contributed by atoms with E-state index in [4.69, 9.17) is 0 Å². The lowest BCUT2D eigenvalue weighted by Gasteiger charge is -2.24. The van der Waals surface area contributed by atoms with E-state index in [1.807, 2.05) is 30.3 Å². The number of carbonyl (C=O) groups excluding carboxylic acids is 1. The summed E-state index contributed by atoms with van der Waals surface area (Å²) in [7, 11) is -4.00. The van der Waals surface area contributed by atoms with Crippen LogP contribution in [0.25, 0.3) is 0 Å². The van der Waals surface area contributed by atoms with Crippen molar-refractivity contribution in [1.29, 1.82) is 0 Å². The maximum Gasteiger partial charge on any atom is 0.269 e. The normalized spacial score (nSPS) is 19.9. The van der Waals surface area contributed by atoms with E-state index in [0.29, 0.717) is 19.3 Å². The summed E-state index contributed by atoms with van der Waals surface area (Å²) >= 11 is 0. The second-order valence-electron chi connectivity index (χ2n) is 8.49. The molecule has 34 heavy (non-hydrogen) atoms. The molecule has 1 saturated carbocycles. The van der Waals surface area contributed by atoms with Gasteiger partial charge in [-0.05, 0) is 49.8 Å². The van der Waals surface area contributed by atoms with E-state index in [1.165, 1.54) is 0 Å². The molecule has 184 valence electrons. The number of hydrogen-bond acceptors (Lipinski definition) is 7. The standard InChI is InChI=1S/C23H29N3O7S/c27-19(15-24-34(32,33)20-11-9-18(10-12-20)26(30)31)14-17(13-16-5-2-1-3-6-16)23(29)25-21-7-4-8-22(21)28/h1-3,5-6,9-12,17,19,21-22,24,27-28H,4,7-8,13-15H2,(H,25,29)/t17?,19-,21-,22+/m0/s1. The molecule has 1 amide bonds. The van der Waals surface area contributed by atoms with Crippen LogP contribution in [0.5, 0.6) is 0 Å². The van der Waals surface area contributed by atoms with E-state index in [-0.39, 0.29) is 35.5 Å². The number of nitro benzene ring substituents is 1. The van der Waals surface area contributed by atoms with E-state index in [1.54, 1.807) is 0 Å². The van der Waals surface area contributed by atoms with Gasteiger partial charge < -0.3 is 15.5 Å². The van der Waals surface area contributed by atoms with Gasteiger partial charge in [-0.2, -0.15) is 0 Å². The fourth-order valence-electron chi connectivity index (χ4n) is 4.04. The molecule has 0 bridgehead atoms. The summed E-state index contributed by atoms with van der Waals surface area (Å²) in [6.07, 6.45) is 0.737. The first-order chi connectivity index (χ1) is 16.2. The summed E-state index contributed by atoms with van der Waals surface area (Å²) in [5.74, 6) is -0.929. The van der Waals surface area contributed by atoms with Gasteiger partial charge in [0, 0.05) is 24.6 Å². The van der Waals surface area contributed by atoms with E-state index in [9.17, 15) is 33.5 Å². The van der Waals surface area contributed by atoms with Crippen molar-refractivity contribution in [2.75, 3.05) is 6.54 Å². The molecule has 0 saturated heterocycles. The van der Waals surface area contributed by atoms with Crippen molar-refractivity contribution in [2.45, 2.75) is 55.2 Å². The lowest BCUT2D eigenvalue weighted by molar-refractivity contribution is -0.384. The summed E-state index contributed by atoms with van der Waals surface area (Å²) in [6.45, 7) is -0.329. The number of aliphatic hydroxyl groups is 2. The average molecular weight is 492 g/mol. The van der Waals surface area contributed by atoms with Crippen molar-refractivity contribution in [2.24, 2.45) is 5.92 Å². The molecule has 0 aliphatic heterocycles. The number of benzene rings is 2. The second-order valence-corrected chi connectivity index (χ2v) is 10.3. The average Bonchev–Trinajstić information content (AvgIpc) is 3.22. The highest BCUT2D eigenvalue weighted by atomic mass is 32.2. The van der Waals surface area contributed by atoms with E-state index in [2.05, 4.69) is 10.0 Å². The Morgan fingerprint density at radius 2 is 1.79 bits per heavy atom. The third kappa shape index (κ3) is 7.07. The Balaban J connectivity index is 1.63. The van der Waals surface area contributed by atoms with Crippen molar-refractivity contribution < 1.29 is 28.3 Å². The molecule has 1 aliphatic carbocycles. The Kier molecular flexibility index (Phi) is 8.72. The minimum Gasteiger partial charge on any atom is -0.392 e. The zero-order valence-corrected chi connectivity index (χ0v) is 19.4. The first kappa shape index (κ1) is 25.8. The number of carbonyl (C=O) groups is 1. The third-order valence-electron chi connectivity index (χ3n) is 5.93. The van der Waals surface area contributed by atoms with Gasteiger partial charge in [0.05, 0.1) is 28.1 Å². The Morgan fingerprint density at radius 3 is 2.38 bits per heavy atom. The molecule has 0 aromatic heterocycles. The fourth-order valence-corrected chi connectivity index (χ4v) is 5.11. The number of nitro groups is 1. The zero-order chi connectivity index (χ0) is 24.7. The van der Waals surface area contributed by atoms with Crippen LogP contribution in [0, 0.1) is 16.0 Å². The van der Waals surface area contributed by atoms with Gasteiger partial charge in [0.25, 0.3) is 5.69 Å². The zero-order valence-electron chi connectivity index (χ0n) is 18.5. The molecule has 10 nitrogen and oxygen atoms in total. The summed E-state index contributed by atoms with van der Waals surface area (Å²) in [5.41, 5.74) is 0.661. The van der Waals surface area contributed by atoms with Crippen molar-refractivity contribution in [1.82, 2.24) is 10.0 Å². The molecule has 3 rings (SSSR count). The molecule has 1 aliphatic rings. The van der Waals surface area contributed by atoms with Gasteiger partial charge in [-0.15, -0.1) is 0 Å². The number of nitrogens with one attached hydrogen (secondary N) is 2. The Bertz CT molecular complexity index is 1080. The van der Waals surface area contributed by atoms with Crippen molar-refractivity contribution in [3.8, 4) is 0 Å². The predicted molar refractivity (Wildman–Crippen MR) is 124 cm³/mol. The number of rotatable bonds is 11. The van der Waals surface area contributed by atoms with Crippen LogP contribution in [0.4, 0.5) is 5.69 Å². The van der Waals surface area contributed by atoms with Gasteiger partial charge in [0.2, 0.25) is 15.9 Å². The van der Waals surface area contributed by atoms with Crippen molar-refractivity contribution >= 4 is 21.6 Å². The molecule has 1 unspecified atom stereocenters. The number of nitrogens with zero attached hydrogens (tertiary/aromatic N) is 1. The van der Waals surface area contributed by atoms with Crippen molar-refractivity contribution in [3.05, 3.63) is 70.3 Å². The molecule has 0 radical (unpaired) electrons. The number of amides is 1. The highest BCUT2D eigenvalue weighted by molar-refractivity contribution is 7.89. The van der Waals surface area contributed by atoms with Crippen LogP contribution in [-0.4, -0.2) is 54.3 Å². The molecule has 0 spiro atoms. The van der Waals surface area contributed by atoms with E-state index >= 15 is 0 Å². The number of aliphatic hydroxyl groups excluding tert-OH is 2. The van der Waals surface area contributed by atoms with Crippen molar-refractivity contribution in [3.63, 3.8) is 0 Å². The van der Waals surface area contributed by atoms with Gasteiger partial charge in [-0.25, -0.2) is 13.1 Å². The van der Waals surface area contributed by atoms with Gasteiger partial charge in [0.1, 0.15) is 0 Å². The molecular weight excluding hydrogens is 462 g/mol. The van der Waals surface area contributed by atoms with Gasteiger partial charge in [-0.1, -0.05) is 30.3 Å². The Hall–Kier alpha value is -2.86. The number of hydrogen-bond donors (Lipinski definition) is 4. The summed E-state index contributed by atoms with van der Waals surface area (Å²) < 4.78 is 27.3. The summed E-state index contributed by atoms with van der Waals surface area (Å²) in [5, 5.41) is 34.2. The highest BCUT2D eigenvalue weighted by Gasteiger charge is 2.30. The third-order valence-corrected chi connectivity index (χ3v) is 7.37. The van der Waals surface area contributed by atoms with E-state index < -0.39 is 33.1 Å². The van der Waals surface area contributed by atoms with Crippen LogP contribution in [0.15, 0.2) is 59.5 Å². The first-order valence-corrected chi connectivity index (χ1v) is 12.6. The predicted octanol–water partition coefficient (Wildman–Crippen LogP) is 1.51. The summed E-state index contributed by atoms with van der Waals surface area (Å²) in [4.78, 5) is 22.9. The van der Waals surface area contributed by atoms with Crippen LogP contribution in [0.2, 0.25) is 0 Å². The second kappa shape index (κ2) is 11.5. The summed E-state index contributed by atoms with van der Waals surface area (Å²) in [6, 6.07) is 13.4. The molecule has 4 atom stereocenters. The van der Waals surface area contributed by atoms with Gasteiger partial charge in [-0.3, -0.25) is 14.9 Å². The van der Waals surface area contributed by atoms with Crippen LogP contribution in [-0.2, 0) is 21.2 Å². The van der Waals surface area contributed by atoms with Gasteiger partial charge in [0.15, 0.2) is 0 Å². The minimum absolute atomic E-state index is 0.00627. The molecule has 0 heterocycles. The maximum atomic E-state index is 13.0.